The Labute approximate surface area is 204 Å². The molecule has 0 saturated heterocycles. The summed E-state index contributed by atoms with van der Waals surface area (Å²) in [4.78, 5) is 28.9. The van der Waals surface area contributed by atoms with Crippen molar-refractivity contribution >= 4 is 61.6 Å². The number of carbonyl (C=O) groups is 2. The van der Waals surface area contributed by atoms with Crippen LogP contribution in [0.15, 0.2) is 78.4 Å². The van der Waals surface area contributed by atoms with Crippen LogP contribution in [0.2, 0.25) is 5.02 Å². The van der Waals surface area contributed by atoms with E-state index in [-0.39, 0.29) is 18.7 Å². The first-order valence-electron chi connectivity index (χ1n) is 10.7. The smallest absolute Gasteiger partial charge is 0.305 e. The van der Waals surface area contributed by atoms with E-state index in [1.807, 2.05) is 70.6 Å². The van der Waals surface area contributed by atoms with Gasteiger partial charge in [-0.2, -0.15) is 0 Å². The number of fused-ring (bicyclic) bond motifs is 2. The number of thiophene rings is 1. The Hall–Kier alpha value is -3.68. The number of nitrogens with one attached hydrogen (secondary N) is 1. The number of aliphatic carboxylic acids is 1. The number of carboxylic acids is 1. The molecule has 1 amide bonds. The summed E-state index contributed by atoms with van der Waals surface area (Å²) in [5.74, 6) is -1.04. The van der Waals surface area contributed by atoms with Crippen molar-refractivity contribution in [3.8, 4) is 0 Å². The van der Waals surface area contributed by atoms with Gasteiger partial charge in [-0.25, -0.2) is 4.98 Å². The molecule has 0 aliphatic rings. The van der Waals surface area contributed by atoms with Crippen molar-refractivity contribution in [3.63, 3.8) is 0 Å². The monoisotopic (exact) mass is 489 g/mol. The van der Waals surface area contributed by atoms with Crippen molar-refractivity contribution in [2.75, 3.05) is 5.32 Å². The van der Waals surface area contributed by atoms with Gasteiger partial charge in [-0.15, -0.1) is 11.3 Å². The van der Waals surface area contributed by atoms with Crippen LogP contribution >= 0.6 is 22.9 Å². The minimum Gasteiger partial charge on any atom is -0.481 e. The minimum atomic E-state index is -0.900. The first-order valence-corrected chi connectivity index (χ1v) is 11.9. The lowest BCUT2D eigenvalue weighted by atomic mass is 10.0. The summed E-state index contributed by atoms with van der Waals surface area (Å²) in [6, 6.07) is 20.2. The molecule has 34 heavy (non-hydrogen) atoms. The summed E-state index contributed by atoms with van der Waals surface area (Å²) in [6.07, 6.45) is 1.79. The molecule has 8 heteroatoms. The fraction of sp³-hybridized carbons (Fsp3) is 0.115. The van der Waals surface area contributed by atoms with Crippen LogP contribution in [0.4, 0.5) is 5.69 Å². The van der Waals surface area contributed by atoms with Gasteiger partial charge < -0.3 is 15.0 Å². The van der Waals surface area contributed by atoms with Crippen LogP contribution in [0.3, 0.4) is 0 Å². The fourth-order valence-corrected chi connectivity index (χ4v) is 5.25. The molecule has 0 aliphatic carbocycles. The van der Waals surface area contributed by atoms with Gasteiger partial charge in [-0.3, -0.25) is 9.59 Å². The molecule has 3 aromatic carbocycles. The Kier molecular flexibility index (Phi) is 6.04. The van der Waals surface area contributed by atoms with E-state index in [4.69, 9.17) is 11.6 Å². The fourth-order valence-electron chi connectivity index (χ4n) is 4.14. The molecule has 5 rings (SSSR count). The number of nitrogens with zero attached hydrogens (tertiary/aromatic N) is 2. The molecule has 6 nitrogen and oxygen atoms in total. The van der Waals surface area contributed by atoms with Crippen LogP contribution in [0.5, 0.6) is 0 Å². The summed E-state index contributed by atoms with van der Waals surface area (Å²) in [5.41, 5.74) is 3.90. The van der Waals surface area contributed by atoms with Gasteiger partial charge in [0.05, 0.1) is 36.2 Å². The van der Waals surface area contributed by atoms with E-state index in [9.17, 15) is 14.7 Å². The molecule has 2 aromatic heterocycles. The second kappa shape index (κ2) is 9.29. The van der Waals surface area contributed by atoms with Gasteiger partial charge in [0.15, 0.2) is 0 Å². The Morgan fingerprint density at radius 3 is 2.71 bits per heavy atom. The van der Waals surface area contributed by atoms with Crippen molar-refractivity contribution in [1.29, 1.82) is 0 Å². The molecule has 1 unspecified atom stereocenters. The van der Waals surface area contributed by atoms with Crippen LogP contribution in [0.1, 0.15) is 23.6 Å². The molecule has 1 atom stereocenters. The van der Waals surface area contributed by atoms with Crippen molar-refractivity contribution in [3.05, 3.63) is 94.6 Å². The Balaban J connectivity index is 1.42. The maximum absolute atomic E-state index is 12.8. The maximum Gasteiger partial charge on any atom is 0.305 e. The standard InChI is InChI=1S/C26H20ClN3O3S/c27-18-6-9-24-20(11-18)17(14-34-24)10-25(31)29-19-7-8-21-23(12-19)30(15-28-21)22(13-26(32)33)16-4-2-1-3-5-16/h1-9,11-12,14-15,22H,10,13H2,(H,29,31)(H,32,33). The number of benzene rings is 3. The highest BCUT2D eigenvalue weighted by molar-refractivity contribution is 7.17. The third-order valence-electron chi connectivity index (χ3n) is 5.71. The van der Waals surface area contributed by atoms with Gasteiger partial charge in [0, 0.05) is 15.4 Å². The zero-order valence-corrected chi connectivity index (χ0v) is 19.5. The Bertz CT molecular complexity index is 1510. The molecule has 2 N–H and O–H groups in total. The van der Waals surface area contributed by atoms with Crippen LogP contribution in [-0.4, -0.2) is 26.5 Å². The predicted octanol–water partition coefficient (Wildman–Crippen LogP) is 6.15. The number of halogens is 1. The van der Waals surface area contributed by atoms with Gasteiger partial charge >= 0.3 is 5.97 Å². The molecule has 0 spiro atoms. The van der Waals surface area contributed by atoms with E-state index < -0.39 is 12.0 Å². The van der Waals surface area contributed by atoms with Gasteiger partial charge in [0.1, 0.15) is 0 Å². The second-order valence-corrected chi connectivity index (χ2v) is 9.35. The van der Waals surface area contributed by atoms with E-state index in [0.717, 1.165) is 32.2 Å². The summed E-state index contributed by atoms with van der Waals surface area (Å²) in [7, 11) is 0. The zero-order valence-electron chi connectivity index (χ0n) is 17.9. The third-order valence-corrected chi connectivity index (χ3v) is 6.96. The van der Waals surface area contributed by atoms with Crippen molar-refractivity contribution < 1.29 is 14.7 Å². The highest BCUT2D eigenvalue weighted by atomic mass is 35.5. The Morgan fingerprint density at radius 1 is 1.09 bits per heavy atom. The predicted molar refractivity (Wildman–Crippen MR) is 136 cm³/mol. The number of hydrogen-bond donors (Lipinski definition) is 2. The highest BCUT2D eigenvalue weighted by Crippen LogP contribution is 2.30. The van der Waals surface area contributed by atoms with E-state index >= 15 is 0 Å². The largest absolute Gasteiger partial charge is 0.481 e. The maximum atomic E-state index is 12.8. The summed E-state index contributed by atoms with van der Waals surface area (Å²) < 4.78 is 2.94. The summed E-state index contributed by atoms with van der Waals surface area (Å²) in [5, 5.41) is 16.1. The molecule has 170 valence electrons. The average molecular weight is 490 g/mol. The second-order valence-electron chi connectivity index (χ2n) is 8.01. The number of imidazole rings is 1. The lowest BCUT2D eigenvalue weighted by molar-refractivity contribution is -0.137. The van der Waals surface area contributed by atoms with E-state index in [2.05, 4.69) is 10.3 Å². The first-order chi connectivity index (χ1) is 16.5. The zero-order chi connectivity index (χ0) is 23.7. The molecule has 0 radical (unpaired) electrons. The molecule has 5 aromatic rings. The topological polar surface area (TPSA) is 84.2 Å². The van der Waals surface area contributed by atoms with Crippen LogP contribution in [0.25, 0.3) is 21.1 Å². The highest BCUT2D eigenvalue weighted by Gasteiger charge is 2.20. The van der Waals surface area contributed by atoms with Crippen molar-refractivity contribution in [2.45, 2.75) is 18.9 Å². The lowest BCUT2D eigenvalue weighted by Crippen LogP contribution is -2.15. The summed E-state index contributed by atoms with van der Waals surface area (Å²) in [6.45, 7) is 0. The van der Waals surface area contributed by atoms with Crippen LogP contribution < -0.4 is 5.32 Å². The summed E-state index contributed by atoms with van der Waals surface area (Å²) >= 11 is 7.72. The molecule has 0 fully saturated rings. The molecule has 0 saturated carbocycles. The third kappa shape index (κ3) is 4.53. The number of carbonyl (C=O) groups excluding carboxylic acids is 1. The Morgan fingerprint density at radius 2 is 1.91 bits per heavy atom. The van der Waals surface area contributed by atoms with Gasteiger partial charge in [0.2, 0.25) is 5.91 Å². The first kappa shape index (κ1) is 22.1. The van der Waals surface area contributed by atoms with Gasteiger partial charge in [-0.05, 0) is 58.3 Å². The molecule has 0 aliphatic heterocycles. The molecule has 2 heterocycles. The van der Waals surface area contributed by atoms with Gasteiger partial charge in [0.25, 0.3) is 0 Å². The number of anilines is 1. The molecular formula is C26H20ClN3O3S. The molecular weight excluding hydrogens is 470 g/mol. The number of aromatic nitrogens is 2. The quantitative estimate of drug-likeness (QED) is 0.287. The number of carboxylic acid groups (broad SMARTS) is 1. The van der Waals surface area contributed by atoms with Crippen molar-refractivity contribution in [2.24, 2.45) is 0 Å². The van der Waals surface area contributed by atoms with Crippen LogP contribution in [0, 0.1) is 0 Å². The number of rotatable bonds is 7. The van der Waals surface area contributed by atoms with Gasteiger partial charge in [-0.1, -0.05) is 41.9 Å². The number of amides is 1. The van der Waals surface area contributed by atoms with E-state index in [1.165, 1.54) is 0 Å². The van der Waals surface area contributed by atoms with Crippen molar-refractivity contribution in [1.82, 2.24) is 9.55 Å². The molecule has 0 bridgehead atoms. The van der Waals surface area contributed by atoms with E-state index in [1.54, 1.807) is 23.7 Å². The van der Waals surface area contributed by atoms with Crippen LogP contribution in [-0.2, 0) is 16.0 Å². The SMILES string of the molecule is O=C(O)CC(c1ccccc1)n1cnc2ccc(NC(=O)Cc3csc4ccc(Cl)cc34)cc21. The lowest BCUT2D eigenvalue weighted by Gasteiger charge is -2.18. The minimum absolute atomic E-state index is 0.0835. The van der Waals surface area contributed by atoms with E-state index in [0.29, 0.717) is 10.7 Å². The normalized spacial score (nSPS) is 12.1. The average Bonchev–Trinajstić information content (AvgIpc) is 3.41. The number of hydrogen-bond acceptors (Lipinski definition) is 4.